The fourth-order valence-electron chi connectivity index (χ4n) is 8.50. The molecule has 5 rings (SSSR count). The second-order valence-electron chi connectivity index (χ2n) is 15.9. The number of aryl methyl sites for hydroxylation is 1. The van der Waals surface area contributed by atoms with Crippen LogP contribution in [0.2, 0.25) is 0 Å². The normalized spacial score (nSPS) is 22.6. The third-order valence-corrected chi connectivity index (χ3v) is 11.7. The molecule has 0 saturated heterocycles. The summed E-state index contributed by atoms with van der Waals surface area (Å²) in [5, 5.41) is 0. The van der Waals surface area contributed by atoms with Crippen molar-refractivity contribution < 1.29 is 4.74 Å². The Morgan fingerprint density at radius 3 is 2.36 bits per heavy atom. The van der Waals surface area contributed by atoms with E-state index in [9.17, 15) is 0 Å². The van der Waals surface area contributed by atoms with Gasteiger partial charge in [-0.15, -0.1) is 0 Å². The number of allylic oxidation sites excluding steroid dienone is 3. The van der Waals surface area contributed by atoms with Gasteiger partial charge in [-0.1, -0.05) is 82.7 Å². The van der Waals surface area contributed by atoms with E-state index in [2.05, 4.69) is 97.8 Å². The first-order chi connectivity index (χ1) is 21.3. The van der Waals surface area contributed by atoms with E-state index in [0.29, 0.717) is 12.0 Å². The van der Waals surface area contributed by atoms with Crippen molar-refractivity contribution in [3.05, 3.63) is 87.0 Å². The summed E-state index contributed by atoms with van der Waals surface area (Å²) in [5.41, 5.74) is 17.9. The molecule has 3 atom stereocenters. The van der Waals surface area contributed by atoms with Crippen molar-refractivity contribution in [3.8, 4) is 11.1 Å². The lowest BCUT2D eigenvalue weighted by atomic mass is 9.71. The van der Waals surface area contributed by atoms with Crippen molar-refractivity contribution in [1.29, 1.82) is 0 Å². The molecular formula is C43H61NO. The second-order valence-corrected chi connectivity index (χ2v) is 15.9. The number of nitrogens with zero attached hydrogens (tertiary/aromatic N) is 1. The molecular weight excluding hydrogens is 546 g/mol. The fraction of sp³-hybridized carbons (Fsp3) is 0.581. The van der Waals surface area contributed by atoms with Crippen molar-refractivity contribution in [2.45, 2.75) is 118 Å². The maximum Gasteiger partial charge on any atom is 0.0676 e. The molecule has 2 nitrogen and oxygen atoms in total. The highest BCUT2D eigenvalue weighted by Crippen LogP contribution is 2.47. The zero-order chi connectivity index (χ0) is 32.6. The molecule has 2 heteroatoms. The number of ether oxygens (including phenoxy) is 1. The minimum atomic E-state index is 0.154. The van der Waals surface area contributed by atoms with Crippen LogP contribution in [0.25, 0.3) is 16.7 Å². The van der Waals surface area contributed by atoms with Gasteiger partial charge in [-0.3, -0.25) is 0 Å². The Balaban J connectivity index is 1.59. The first kappa shape index (κ1) is 33.9. The van der Waals surface area contributed by atoms with Gasteiger partial charge >= 0.3 is 0 Å². The van der Waals surface area contributed by atoms with E-state index in [1.54, 1.807) is 16.7 Å². The van der Waals surface area contributed by atoms with Crippen molar-refractivity contribution in [3.63, 3.8) is 0 Å². The van der Waals surface area contributed by atoms with Crippen molar-refractivity contribution in [2.75, 3.05) is 27.8 Å². The summed E-state index contributed by atoms with van der Waals surface area (Å²) in [5.74, 6) is 2.29. The summed E-state index contributed by atoms with van der Waals surface area (Å²) in [7, 11) is 6.30. The maximum absolute atomic E-state index is 5.69. The lowest BCUT2D eigenvalue weighted by Gasteiger charge is -2.38. The Hall–Kier alpha value is -2.42. The van der Waals surface area contributed by atoms with Crippen LogP contribution >= 0.6 is 0 Å². The smallest absolute Gasteiger partial charge is 0.0676 e. The molecule has 0 aliphatic heterocycles. The van der Waals surface area contributed by atoms with Gasteiger partial charge < -0.3 is 9.64 Å². The Labute approximate surface area is 276 Å². The molecule has 0 bridgehead atoms. The SMILES string of the molecule is C=C1/C(=C(\C)C2CC(COC)=C(C)[C@H](N(C)C)C2)CCc2c(-c3ccc(C(C)(C)C)cc3)cc(CCC(C)C3CC3)c(CC)c21. The molecule has 3 aliphatic rings. The Morgan fingerprint density at radius 1 is 1.09 bits per heavy atom. The molecule has 0 amide bonds. The third kappa shape index (κ3) is 7.13. The van der Waals surface area contributed by atoms with Crippen molar-refractivity contribution in [1.82, 2.24) is 4.90 Å². The molecule has 2 aromatic rings. The summed E-state index contributed by atoms with van der Waals surface area (Å²) in [6, 6.07) is 12.5. The molecule has 3 aliphatic carbocycles. The number of fused-ring (bicyclic) bond motifs is 1. The van der Waals surface area contributed by atoms with Crippen molar-refractivity contribution in [2.24, 2.45) is 17.8 Å². The van der Waals surface area contributed by atoms with E-state index in [0.717, 1.165) is 44.1 Å². The van der Waals surface area contributed by atoms with Crippen LogP contribution in [0.3, 0.4) is 0 Å². The molecule has 1 saturated carbocycles. The monoisotopic (exact) mass is 607 g/mol. The van der Waals surface area contributed by atoms with Gasteiger partial charge in [-0.2, -0.15) is 0 Å². The fourth-order valence-corrected chi connectivity index (χ4v) is 8.50. The van der Waals surface area contributed by atoms with E-state index in [1.165, 1.54) is 82.2 Å². The van der Waals surface area contributed by atoms with Gasteiger partial charge in [0.2, 0.25) is 0 Å². The standard InChI is InChI=1S/C43H61NO/c1-12-37-33(14-13-27(2)31-15-16-31)24-40(32-17-19-36(20-18-32)43(6,7)8)39-22-21-38(30(5)42(37)39)28(3)34-23-35(26-45-11)29(4)41(25-34)44(9)10/h17-20,24,27,31,34,41H,5,12-16,21-23,25-26H2,1-4,6-11H3/b38-28+/t27?,34?,41-/m1/s1. The van der Waals surface area contributed by atoms with Crippen molar-refractivity contribution >= 4 is 5.57 Å². The van der Waals surface area contributed by atoms with E-state index in [-0.39, 0.29) is 5.41 Å². The first-order valence-electron chi connectivity index (χ1n) is 17.9. The Morgan fingerprint density at radius 2 is 1.78 bits per heavy atom. The number of hydrogen-bond donors (Lipinski definition) is 0. The number of likely N-dealkylation sites (N-methyl/N-ethyl adjacent to an activating group) is 1. The quantitative estimate of drug-likeness (QED) is 0.249. The summed E-state index contributed by atoms with van der Waals surface area (Å²) in [4.78, 5) is 2.40. The lowest BCUT2D eigenvalue weighted by Crippen LogP contribution is -2.36. The van der Waals surface area contributed by atoms with Crippen LogP contribution in [0.4, 0.5) is 0 Å². The summed E-state index contributed by atoms with van der Waals surface area (Å²) in [6.45, 7) is 22.2. The summed E-state index contributed by atoms with van der Waals surface area (Å²) < 4.78 is 5.69. The van der Waals surface area contributed by atoms with Crippen LogP contribution in [0.15, 0.2) is 59.2 Å². The molecule has 0 N–H and O–H groups in total. The lowest BCUT2D eigenvalue weighted by molar-refractivity contribution is 0.205. The number of rotatable bonds is 10. The Kier molecular flexibility index (Phi) is 10.4. The van der Waals surface area contributed by atoms with Crippen LogP contribution in [0.1, 0.15) is 115 Å². The zero-order valence-corrected chi connectivity index (χ0v) is 30.3. The average Bonchev–Trinajstić information content (AvgIpc) is 3.86. The third-order valence-electron chi connectivity index (χ3n) is 11.7. The van der Waals surface area contributed by atoms with Gasteiger partial charge in [0.1, 0.15) is 0 Å². The van der Waals surface area contributed by atoms with Crippen LogP contribution < -0.4 is 0 Å². The van der Waals surface area contributed by atoms with Crippen LogP contribution in [-0.4, -0.2) is 38.8 Å². The topological polar surface area (TPSA) is 12.5 Å². The predicted octanol–water partition coefficient (Wildman–Crippen LogP) is 10.8. The second kappa shape index (κ2) is 13.7. The van der Waals surface area contributed by atoms with Crippen LogP contribution in [0.5, 0.6) is 0 Å². The highest BCUT2D eigenvalue weighted by Gasteiger charge is 2.33. The number of benzene rings is 2. The van der Waals surface area contributed by atoms with Gasteiger partial charge in [0.05, 0.1) is 6.61 Å². The van der Waals surface area contributed by atoms with Gasteiger partial charge in [0.15, 0.2) is 0 Å². The van der Waals surface area contributed by atoms with E-state index < -0.39 is 0 Å². The number of methoxy groups -OCH3 is 1. The van der Waals surface area contributed by atoms with Crippen LogP contribution in [0, 0.1) is 17.8 Å². The largest absolute Gasteiger partial charge is 0.380 e. The molecule has 2 unspecified atom stereocenters. The van der Waals surface area contributed by atoms with Gasteiger partial charge in [0.25, 0.3) is 0 Å². The molecule has 45 heavy (non-hydrogen) atoms. The van der Waals surface area contributed by atoms with Crippen LogP contribution in [-0.2, 0) is 29.4 Å². The molecule has 0 heterocycles. The summed E-state index contributed by atoms with van der Waals surface area (Å²) >= 11 is 0. The van der Waals surface area contributed by atoms with Gasteiger partial charge in [-0.25, -0.2) is 0 Å². The highest BCUT2D eigenvalue weighted by atomic mass is 16.5. The highest BCUT2D eigenvalue weighted by molar-refractivity contribution is 5.88. The number of hydrogen-bond acceptors (Lipinski definition) is 2. The maximum atomic E-state index is 5.69. The Bertz CT molecular complexity index is 1460. The molecule has 2 aromatic carbocycles. The molecule has 244 valence electrons. The molecule has 0 aromatic heterocycles. The first-order valence-corrected chi connectivity index (χ1v) is 17.9. The average molecular weight is 608 g/mol. The summed E-state index contributed by atoms with van der Waals surface area (Å²) in [6.07, 6.45) is 10.8. The molecule has 1 fully saturated rings. The van der Waals surface area contributed by atoms with E-state index >= 15 is 0 Å². The molecule has 0 radical (unpaired) electrons. The van der Waals surface area contributed by atoms with E-state index in [1.807, 2.05) is 7.11 Å². The molecule has 0 spiro atoms. The van der Waals surface area contributed by atoms with Gasteiger partial charge in [-0.05, 0) is 165 Å². The van der Waals surface area contributed by atoms with Gasteiger partial charge in [0, 0.05) is 13.2 Å². The zero-order valence-electron chi connectivity index (χ0n) is 30.3. The minimum absolute atomic E-state index is 0.154. The predicted molar refractivity (Wildman–Crippen MR) is 195 cm³/mol. The minimum Gasteiger partial charge on any atom is -0.380 e. The van der Waals surface area contributed by atoms with E-state index in [4.69, 9.17) is 11.3 Å².